The van der Waals surface area contributed by atoms with Crippen molar-refractivity contribution in [3.05, 3.63) is 0 Å². The molecule has 15 heavy (non-hydrogen) atoms. The summed E-state index contributed by atoms with van der Waals surface area (Å²) < 4.78 is 5.05. The van der Waals surface area contributed by atoms with Crippen molar-refractivity contribution in [2.75, 3.05) is 19.7 Å². The quantitative estimate of drug-likeness (QED) is 0.520. The van der Waals surface area contributed by atoms with E-state index >= 15 is 0 Å². The zero-order valence-electron chi connectivity index (χ0n) is 9.76. The van der Waals surface area contributed by atoms with Crippen molar-refractivity contribution < 1.29 is 9.53 Å². The van der Waals surface area contributed by atoms with E-state index in [0.717, 1.165) is 25.3 Å². The molecule has 1 aliphatic rings. The molecule has 0 heterocycles. The fourth-order valence-electron chi connectivity index (χ4n) is 1.97. The molecular formula is C12H23NO2. The molecule has 0 unspecified atom stereocenters. The fraction of sp³-hybridized carbons (Fsp3) is 0.917. The van der Waals surface area contributed by atoms with Crippen LogP contribution >= 0.6 is 0 Å². The molecule has 1 aliphatic carbocycles. The van der Waals surface area contributed by atoms with Gasteiger partial charge in [-0.15, -0.1) is 0 Å². The van der Waals surface area contributed by atoms with E-state index in [0.29, 0.717) is 13.2 Å². The third-order valence-electron chi connectivity index (χ3n) is 2.94. The summed E-state index contributed by atoms with van der Waals surface area (Å²) in [5.74, 6) is 0.676. The van der Waals surface area contributed by atoms with Crippen LogP contribution < -0.4 is 5.32 Å². The third kappa shape index (κ3) is 5.78. The topological polar surface area (TPSA) is 38.3 Å². The van der Waals surface area contributed by atoms with Gasteiger partial charge in [-0.05, 0) is 31.7 Å². The van der Waals surface area contributed by atoms with Gasteiger partial charge in [-0.25, -0.2) is 0 Å². The molecule has 1 saturated carbocycles. The number of hydrogen-bond acceptors (Lipinski definition) is 3. The molecule has 0 saturated heterocycles. The molecule has 3 heteroatoms. The van der Waals surface area contributed by atoms with Gasteiger partial charge in [0, 0.05) is 0 Å². The maximum absolute atomic E-state index is 11.2. The van der Waals surface area contributed by atoms with Crippen molar-refractivity contribution in [2.24, 2.45) is 5.92 Å². The van der Waals surface area contributed by atoms with Crippen LogP contribution in [0, 0.1) is 5.92 Å². The molecule has 0 aromatic carbocycles. The van der Waals surface area contributed by atoms with Crippen molar-refractivity contribution in [1.29, 1.82) is 0 Å². The van der Waals surface area contributed by atoms with Crippen LogP contribution in [-0.2, 0) is 9.53 Å². The Bertz CT molecular complexity index is 176. The van der Waals surface area contributed by atoms with E-state index in [-0.39, 0.29) is 5.97 Å². The molecule has 88 valence electrons. The number of esters is 1. The van der Waals surface area contributed by atoms with Crippen molar-refractivity contribution in [2.45, 2.75) is 45.4 Å². The number of nitrogens with one attached hydrogen (secondary N) is 1. The minimum atomic E-state index is -0.110. The summed E-state index contributed by atoms with van der Waals surface area (Å²) in [6.07, 6.45) is 7.38. The normalized spacial score (nSPS) is 16.9. The highest BCUT2D eigenvalue weighted by atomic mass is 16.5. The molecule has 0 aliphatic heterocycles. The SMILES string of the molecule is CCCCOC(=O)CNCC1CCCC1. The van der Waals surface area contributed by atoms with E-state index in [1.54, 1.807) is 0 Å². The predicted molar refractivity (Wildman–Crippen MR) is 60.7 cm³/mol. The van der Waals surface area contributed by atoms with Crippen LogP contribution in [0.25, 0.3) is 0 Å². The minimum Gasteiger partial charge on any atom is -0.465 e. The molecule has 3 nitrogen and oxygen atoms in total. The first-order valence-corrected chi connectivity index (χ1v) is 6.19. The molecule has 0 spiro atoms. The third-order valence-corrected chi connectivity index (χ3v) is 2.94. The second kappa shape index (κ2) is 7.69. The Morgan fingerprint density at radius 2 is 2.13 bits per heavy atom. The Labute approximate surface area is 92.6 Å². The number of hydrogen-bond donors (Lipinski definition) is 1. The lowest BCUT2D eigenvalue weighted by Crippen LogP contribution is -2.28. The first-order chi connectivity index (χ1) is 7.33. The molecule has 0 aromatic rings. The van der Waals surface area contributed by atoms with E-state index in [4.69, 9.17) is 4.74 Å². The molecule has 1 N–H and O–H groups in total. The zero-order chi connectivity index (χ0) is 10.9. The molecule has 1 fully saturated rings. The van der Waals surface area contributed by atoms with Crippen LogP contribution in [0.5, 0.6) is 0 Å². The van der Waals surface area contributed by atoms with E-state index < -0.39 is 0 Å². The average molecular weight is 213 g/mol. The maximum atomic E-state index is 11.2. The molecule has 1 rings (SSSR count). The van der Waals surface area contributed by atoms with Gasteiger partial charge < -0.3 is 10.1 Å². The smallest absolute Gasteiger partial charge is 0.319 e. The van der Waals surface area contributed by atoms with Gasteiger partial charge in [0.25, 0.3) is 0 Å². The van der Waals surface area contributed by atoms with Crippen LogP contribution in [0.1, 0.15) is 45.4 Å². The summed E-state index contributed by atoms with van der Waals surface area (Å²) in [6.45, 7) is 4.01. The predicted octanol–water partition coefficient (Wildman–Crippen LogP) is 2.11. The lowest BCUT2D eigenvalue weighted by Gasteiger charge is -2.10. The lowest BCUT2D eigenvalue weighted by atomic mass is 10.1. The summed E-state index contributed by atoms with van der Waals surface area (Å²) in [4.78, 5) is 11.2. The summed E-state index contributed by atoms with van der Waals surface area (Å²) in [5, 5.41) is 3.18. The van der Waals surface area contributed by atoms with Crippen molar-refractivity contribution in [3.63, 3.8) is 0 Å². The van der Waals surface area contributed by atoms with Gasteiger partial charge in [-0.3, -0.25) is 4.79 Å². The summed E-state index contributed by atoms with van der Waals surface area (Å²) in [6, 6.07) is 0. The first-order valence-electron chi connectivity index (χ1n) is 6.19. The number of carbonyl (C=O) groups is 1. The number of rotatable bonds is 7. The van der Waals surface area contributed by atoms with Crippen molar-refractivity contribution in [3.8, 4) is 0 Å². The molecule has 0 bridgehead atoms. The van der Waals surface area contributed by atoms with Crippen LogP contribution in [-0.4, -0.2) is 25.7 Å². The Balaban J connectivity index is 1.91. The first kappa shape index (κ1) is 12.5. The number of unbranched alkanes of at least 4 members (excludes halogenated alkanes) is 1. The summed E-state index contributed by atoms with van der Waals surface area (Å²) in [7, 11) is 0. The Morgan fingerprint density at radius 3 is 2.80 bits per heavy atom. The monoisotopic (exact) mass is 213 g/mol. The highest BCUT2D eigenvalue weighted by Crippen LogP contribution is 2.23. The van der Waals surface area contributed by atoms with Crippen molar-refractivity contribution >= 4 is 5.97 Å². The Hall–Kier alpha value is -0.570. The molecule has 0 radical (unpaired) electrons. The van der Waals surface area contributed by atoms with Gasteiger partial charge in [-0.1, -0.05) is 26.2 Å². The highest BCUT2D eigenvalue weighted by molar-refractivity contribution is 5.71. The van der Waals surface area contributed by atoms with Crippen LogP contribution in [0.4, 0.5) is 0 Å². The zero-order valence-corrected chi connectivity index (χ0v) is 9.76. The van der Waals surface area contributed by atoms with E-state index in [1.165, 1.54) is 25.7 Å². The van der Waals surface area contributed by atoms with Crippen LogP contribution in [0.2, 0.25) is 0 Å². The lowest BCUT2D eigenvalue weighted by molar-refractivity contribution is -0.142. The van der Waals surface area contributed by atoms with Crippen molar-refractivity contribution in [1.82, 2.24) is 5.32 Å². The van der Waals surface area contributed by atoms with Gasteiger partial charge in [-0.2, -0.15) is 0 Å². The maximum Gasteiger partial charge on any atom is 0.319 e. The molecule has 0 aromatic heterocycles. The van der Waals surface area contributed by atoms with E-state index in [1.807, 2.05) is 0 Å². The summed E-state index contributed by atoms with van der Waals surface area (Å²) in [5.41, 5.74) is 0. The van der Waals surface area contributed by atoms with Gasteiger partial charge >= 0.3 is 5.97 Å². The summed E-state index contributed by atoms with van der Waals surface area (Å²) >= 11 is 0. The standard InChI is InChI=1S/C12H23NO2/c1-2-3-8-15-12(14)10-13-9-11-6-4-5-7-11/h11,13H,2-10H2,1H3. The average Bonchev–Trinajstić information content (AvgIpc) is 2.71. The van der Waals surface area contributed by atoms with Crippen LogP contribution in [0.15, 0.2) is 0 Å². The fourth-order valence-corrected chi connectivity index (χ4v) is 1.97. The second-order valence-electron chi connectivity index (χ2n) is 4.36. The van der Waals surface area contributed by atoms with Gasteiger partial charge in [0.1, 0.15) is 0 Å². The van der Waals surface area contributed by atoms with Crippen LogP contribution in [0.3, 0.4) is 0 Å². The molecule has 0 amide bonds. The Kier molecular flexibility index (Phi) is 6.41. The largest absolute Gasteiger partial charge is 0.465 e. The number of ether oxygens (including phenoxy) is 1. The second-order valence-corrected chi connectivity index (χ2v) is 4.36. The minimum absolute atomic E-state index is 0.110. The number of carbonyl (C=O) groups excluding carboxylic acids is 1. The van der Waals surface area contributed by atoms with Gasteiger partial charge in [0.2, 0.25) is 0 Å². The highest BCUT2D eigenvalue weighted by Gasteiger charge is 2.14. The van der Waals surface area contributed by atoms with Gasteiger partial charge in [0.15, 0.2) is 0 Å². The Morgan fingerprint density at radius 1 is 1.40 bits per heavy atom. The van der Waals surface area contributed by atoms with E-state index in [2.05, 4.69) is 12.2 Å². The van der Waals surface area contributed by atoms with E-state index in [9.17, 15) is 4.79 Å². The molecule has 0 atom stereocenters. The molecular weight excluding hydrogens is 190 g/mol. The van der Waals surface area contributed by atoms with Gasteiger partial charge in [0.05, 0.1) is 13.2 Å².